The fraction of sp³-hybridized carbons (Fsp3) is 0.684. The summed E-state index contributed by atoms with van der Waals surface area (Å²) in [5.41, 5.74) is 6.18. The predicted octanol–water partition coefficient (Wildman–Crippen LogP) is 4.85. The Morgan fingerprint density at radius 1 is 1.20 bits per heavy atom. The molecule has 0 radical (unpaired) electrons. The number of hydrogen-bond acceptors (Lipinski definition) is 1. The van der Waals surface area contributed by atoms with Crippen LogP contribution in [0.3, 0.4) is 0 Å². The zero-order valence-electron chi connectivity index (χ0n) is 13.3. The number of aryl methyl sites for hydroxylation is 2. The Morgan fingerprint density at radius 2 is 2.05 bits per heavy atom. The lowest BCUT2D eigenvalue weighted by atomic mass is 9.70. The van der Waals surface area contributed by atoms with Gasteiger partial charge in [-0.3, -0.25) is 0 Å². The second kappa shape index (κ2) is 5.89. The lowest BCUT2D eigenvalue weighted by Crippen LogP contribution is -2.43. The summed E-state index contributed by atoms with van der Waals surface area (Å²) in [5.74, 6) is 1.74. The van der Waals surface area contributed by atoms with Crippen LogP contribution in [0.25, 0.3) is 0 Å². The monoisotopic (exact) mass is 271 g/mol. The van der Waals surface area contributed by atoms with E-state index in [0.717, 1.165) is 24.4 Å². The summed E-state index contributed by atoms with van der Waals surface area (Å²) in [6, 6.07) is 5.54. The highest BCUT2D eigenvalue weighted by molar-refractivity contribution is 5.42. The Morgan fingerprint density at radius 3 is 2.85 bits per heavy atom. The second-order valence-electron chi connectivity index (χ2n) is 7.06. The highest BCUT2D eigenvalue weighted by Crippen LogP contribution is 2.42. The van der Waals surface area contributed by atoms with Gasteiger partial charge < -0.3 is 5.32 Å². The van der Waals surface area contributed by atoms with E-state index in [2.05, 4.69) is 38.2 Å². The highest BCUT2D eigenvalue weighted by atomic mass is 14.9. The van der Waals surface area contributed by atoms with Crippen molar-refractivity contribution >= 4 is 0 Å². The van der Waals surface area contributed by atoms with Gasteiger partial charge in [-0.25, -0.2) is 0 Å². The zero-order chi connectivity index (χ0) is 14.1. The molecule has 1 saturated carbocycles. The van der Waals surface area contributed by atoms with E-state index in [9.17, 15) is 0 Å². The molecular formula is C19H29N. The summed E-state index contributed by atoms with van der Waals surface area (Å²) in [5, 5.41) is 3.84. The first-order valence-corrected chi connectivity index (χ1v) is 8.52. The van der Waals surface area contributed by atoms with Gasteiger partial charge in [-0.1, -0.05) is 43.9 Å². The number of benzene rings is 1. The standard InChI is InChI=1S/C19H29N/c1-4-5-6-15-7-8-16-17-10-13(2)9-14(3)18(17)12-20-19(16)11-15/h9-10,15-16,19-20H,4-8,11-12H2,1-3H3. The minimum atomic E-state index is 0.735. The maximum atomic E-state index is 3.84. The van der Waals surface area contributed by atoms with Gasteiger partial charge in [0.25, 0.3) is 0 Å². The van der Waals surface area contributed by atoms with Gasteiger partial charge in [0, 0.05) is 12.6 Å². The highest BCUT2D eigenvalue weighted by Gasteiger charge is 2.35. The van der Waals surface area contributed by atoms with E-state index in [0.29, 0.717) is 0 Å². The molecule has 1 fully saturated rings. The maximum absolute atomic E-state index is 3.84. The van der Waals surface area contributed by atoms with Gasteiger partial charge in [-0.2, -0.15) is 0 Å². The van der Waals surface area contributed by atoms with Crippen LogP contribution < -0.4 is 5.32 Å². The van der Waals surface area contributed by atoms with Crippen molar-refractivity contribution in [2.75, 3.05) is 0 Å². The summed E-state index contributed by atoms with van der Waals surface area (Å²) in [6.45, 7) is 7.92. The van der Waals surface area contributed by atoms with Crippen molar-refractivity contribution in [2.45, 2.75) is 77.8 Å². The van der Waals surface area contributed by atoms with E-state index in [-0.39, 0.29) is 0 Å². The molecule has 3 rings (SSSR count). The van der Waals surface area contributed by atoms with Crippen LogP contribution >= 0.6 is 0 Å². The Bertz CT molecular complexity index is 477. The van der Waals surface area contributed by atoms with E-state index in [1.54, 1.807) is 11.1 Å². The van der Waals surface area contributed by atoms with Gasteiger partial charge in [0.05, 0.1) is 0 Å². The van der Waals surface area contributed by atoms with E-state index < -0.39 is 0 Å². The summed E-state index contributed by atoms with van der Waals surface area (Å²) in [6.07, 6.45) is 8.44. The molecule has 0 aromatic heterocycles. The number of nitrogens with one attached hydrogen (secondary N) is 1. The largest absolute Gasteiger partial charge is 0.309 e. The number of unbranched alkanes of at least 4 members (excludes halogenated alkanes) is 1. The average molecular weight is 271 g/mol. The van der Waals surface area contributed by atoms with E-state index in [1.807, 2.05) is 0 Å². The van der Waals surface area contributed by atoms with Crippen LogP contribution in [0.5, 0.6) is 0 Å². The molecule has 1 aromatic rings. The van der Waals surface area contributed by atoms with Crippen LogP contribution in [0, 0.1) is 19.8 Å². The molecule has 0 saturated heterocycles. The summed E-state index contributed by atoms with van der Waals surface area (Å²) >= 11 is 0. The number of rotatable bonds is 3. The van der Waals surface area contributed by atoms with Gasteiger partial charge in [0.2, 0.25) is 0 Å². The van der Waals surface area contributed by atoms with E-state index in [4.69, 9.17) is 0 Å². The SMILES string of the molecule is CCCCC1CCC2c3cc(C)cc(C)c3CNC2C1. The summed E-state index contributed by atoms with van der Waals surface area (Å²) < 4.78 is 0. The molecule has 1 nitrogen and oxygen atoms in total. The van der Waals surface area contributed by atoms with Crippen LogP contribution in [-0.4, -0.2) is 6.04 Å². The first kappa shape index (κ1) is 14.1. The average Bonchev–Trinajstić information content (AvgIpc) is 2.44. The Kier molecular flexibility index (Phi) is 4.16. The van der Waals surface area contributed by atoms with Crippen LogP contribution in [0.1, 0.15) is 73.6 Å². The smallest absolute Gasteiger partial charge is 0.0213 e. The molecule has 3 unspecified atom stereocenters. The lowest BCUT2D eigenvalue weighted by Gasteiger charge is -2.42. The second-order valence-corrected chi connectivity index (χ2v) is 7.06. The van der Waals surface area contributed by atoms with E-state index >= 15 is 0 Å². The van der Waals surface area contributed by atoms with Gasteiger partial charge in [0.15, 0.2) is 0 Å². The molecule has 1 aliphatic carbocycles. The molecule has 1 aliphatic heterocycles. The molecule has 2 aliphatic rings. The Hall–Kier alpha value is -0.820. The van der Waals surface area contributed by atoms with Crippen molar-refractivity contribution < 1.29 is 0 Å². The van der Waals surface area contributed by atoms with Crippen molar-refractivity contribution in [3.8, 4) is 0 Å². The van der Waals surface area contributed by atoms with Crippen LogP contribution in [0.4, 0.5) is 0 Å². The quantitative estimate of drug-likeness (QED) is 0.828. The number of fused-ring (bicyclic) bond motifs is 3. The molecule has 1 N–H and O–H groups in total. The van der Waals surface area contributed by atoms with Crippen LogP contribution in [0.15, 0.2) is 12.1 Å². The van der Waals surface area contributed by atoms with Crippen molar-refractivity contribution in [1.82, 2.24) is 5.32 Å². The molecule has 0 bridgehead atoms. The third-order valence-corrected chi connectivity index (χ3v) is 5.52. The maximum Gasteiger partial charge on any atom is 0.0213 e. The van der Waals surface area contributed by atoms with Gasteiger partial charge in [0.1, 0.15) is 0 Å². The molecular weight excluding hydrogens is 242 g/mol. The van der Waals surface area contributed by atoms with Crippen LogP contribution in [-0.2, 0) is 6.54 Å². The molecule has 1 heterocycles. The molecule has 1 aromatic carbocycles. The molecule has 20 heavy (non-hydrogen) atoms. The third-order valence-electron chi connectivity index (χ3n) is 5.52. The first-order valence-electron chi connectivity index (χ1n) is 8.52. The summed E-state index contributed by atoms with van der Waals surface area (Å²) in [4.78, 5) is 0. The lowest BCUT2D eigenvalue weighted by molar-refractivity contribution is 0.227. The van der Waals surface area contributed by atoms with Gasteiger partial charge in [-0.05, 0) is 61.6 Å². The fourth-order valence-electron chi connectivity index (χ4n) is 4.45. The molecule has 0 spiro atoms. The van der Waals surface area contributed by atoms with E-state index in [1.165, 1.54) is 49.7 Å². The normalized spacial score (nSPS) is 28.9. The molecule has 0 amide bonds. The summed E-state index contributed by atoms with van der Waals surface area (Å²) in [7, 11) is 0. The topological polar surface area (TPSA) is 12.0 Å². The minimum absolute atomic E-state index is 0.735. The Labute approximate surface area is 124 Å². The minimum Gasteiger partial charge on any atom is -0.309 e. The number of hydrogen-bond donors (Lipinski definition) is 1. The third kappa shape index (κ3) is 2.65. The van der Waals surface area contributed by atoms with Gasteiger partial charge >= 0.3 is 0 Å². The Balaban J connectivity index is 1.78. The molecule has 1 heteroatoms. The van der Waals surface area contributed by atoms with Crippen molar-refractivity contribution in [2.24, 2.45) is 5.92 Å². The zero-order valence-corrected chi connectivity index (χ0v) is 13.3. The van der Waals surface area contributed by atoms with Gasteiger partial charge in [-0.15, -0.1) is 0 Å². The van der Waals surface area contributed by atoms with Crippen molar-refractivity contribution in [3.63, 3.8) is 0 Å². The fourth-order valence-corrected chi connectivity index (χ4v) is 4.45. The van der Waals surface area contributed by atoms with Crippen molar-refractivity contribution in [1.29, 1.82) is 0 Å². The van der Waals surface area contributed by atoms with Crippen LogP contribution in [0.2, 0.25) is 0 Å². The first-order chi connectivity index (χ1) is 9.69. The van der Waals surface area contributed by atoms with Crippen molar-refractivity contribution in [3.05, 3.63) is 34.4 Å². The molecule has 110 valence electrons. The molecule has 3 atom stereocenters. The predicted molar refractivity (Wildman–Crippen MR) is 86.2 cm³/mol.